The average Bonchev–Trinajstić information content (AvgIpc) is 2.37. The highest BCUT2D eigenvalue weighted by Gasteiger charge is 2.15. The lowest BCUT2D eigenvalue weighted by Gasteiger charge is -2.08. The van der Waals surface area contributed by atoms with E-state index in [0.29, 0.717) is 18.3 Å². The first-order chi connectivity index (χ1) is 9.04. The van der Waals surface area contributed by atoms with Gasteiger partial charge in [0.25, 0.3) is 0 Å². The highest BCUT2D eigenvalue weighted by molar-refractivity contribution is 5.56. The third-order valence-corrected chi connectivity index (χ3v) is 2.75. The molecule has 0 aromatic carbocycles. The Kier molecular flexibility index (Phi) is 6.05. The fraction of sp³-hybridized carbons (Fsp3) is 0.615. The van der Waals surface area contributed by atoms with Gasteiger partial charge in [0.2, 0.25) is 11.7 Å². The molecule has 0 atom stereocenters. The van der Waals surface area contributed by atoms with Crippen LogP contribution >= 0.6 is 0 Å². The van der Waals surface area contributed by atoms with Gasteiger partial charge in [-0.05, 0) is 12.3 Å². The summed E-state index contributed by atoms with van der Waals surface area (Å²) < 4.78 is 4.97. The maximum Gasteiger partial charge on any atom is 0.311 e. The quantitative estimate of drug-likeness (QED) is 0.444. The van der Waals surface area contributed by atoms with Gasteiger partial charge < -0.3 is 10.1 Å². The summed E-state index contributed by atoms with van der Waals surface area (Å²) in [5.41, 5.74) is -0.0235. The molecule has 0 radical (unpaired) electrons. The van der Waals surface area contributed by atoms with Crippen molar-refractivity contribution in [3.63, 3.8) is 0 Å². The van der Waals surface area contributed by atoms with Crippen LogP contribution in [0, 0.1) is 16.0 Å². The fourth-order valence-electron chi connectivity index (χ4n) is 1.71. The predicted molar refractivity (Wildman–Crippen MR) is 74.6 cm³/mol. The van der Waals surface area contributed by atoms with Crippen LogP contribution < -0.4 is 10.1 Å². The minimum Gasteiger partial charge on any atom is -0.481 e. The topological polar surface area (TPSA) is 77.3 Å². The largest absolute Gasteiger partial charge is 0.481 e. The third-order valence-electron chi connectivity index (χ3n) is 2.75. The summed E-state index contributed by atoms with van der Waals surface area (Å²) in [4.78, 5) is 14.5. The molecule has 0 saturated heterocycles. The van der Waals surface area contributed by atoms with Gasteiger partial charge in [0.05, 0.1) is 12.0 Å². The van der Waals surface area contributed by atoms with E-state index in [-0.39, 0.29) is 11.5 Å². The maximum atomic E-state index is 10.9. The molecule has 0 aliphatic heterocycles. The monoisotopic (exact) mass is 267 g/mol. The highest BCUT2D eigenvalue weighted by Crippen LogP contribution is 2.24. The van der Waals surface area contributed by atoms with Crippen molar-refractivity contribution in [2.24, 2.45) is 5.92 Å². The highest BCUT2D eigenvalue weighted by atomic mass is 16.6. The Morgan fingerprint density at radius 2 is 2.16 bits per heavy atom. The molecule has 1 aromatic rings. The van der Waals surface area contributed by atoms with Gasteiger partial charge >= 0.3 is 5.69 Å². The van der Waals surface area contributed by atoms with Crippen LogP contribution in [0.4, 0.5) is 11.5 Å². The summed E-state index contributed by atoms with van der Waals surface area (Å²) in [6.45, 7) is 5.04. The second kappa shape index (κ2) is 7.56. The van der Waals surface area contributed by atoms with Crippen molar-refractivity contribution >= 4 is 11.5 Å². The van der Waals surface area contributed by atoms with Crippen molar-refractivity contribution in [3.8, 4) is 5.88 Å². The molecule has 0 spiro atoms. The number of anilines is 1. The lowest BCUT2D eigenvalue weighted by Crippen LogP contribution is -2.07. The average molecular weight is 267 g/mol. The van der Waals surface area contributed by atoms with Crippen LogP contribution in [0.5, 0.6) is 5.88 Å². The molecule has 1 N–H and O–H groups in total. The van der Waals surface area contributed by atoms with E-state index >= 15 is 0 Å². The van der Waals surface area contributed by atoms with Gasteiger partial charge in [-0.15, -0.1) is 0 Å². The number of nitrogens with one attached hydrogen (secondary N) is 1. The van der Waals surface area contributed by atoms with Crippen molar-refractivity contribution in [3.05, 3.63) is 22.2 Å². The summed E-state index contributed by atoms with van der Waals surface area (Å²) in [6, 6.07) is 2.89. The van der Waals surface area contributed by atoms with Crippen LogP contribution in [0.15, 0.2) is 12.1 Å². The second-order valence-electron chi connectivity index (χ2n) is 4.79. The number of ether oxygens (including phenoxy) is 1. The second-order valence-corrected chi connectivity index (χ2v) is 4.79. The summed E-state index contributed by atoms with van der Waals surface area (Å²) in [6.07, 6.45) is 3.23. The van der Waals surface area contributed by atoms with Gasteiger partial charge in [0.15, 0.2) is 0 Å². The Bertz CT molecular complexity index is 422. The Morgan fingerprint density at radius 1 is 1.42 bits per heavy atom. The molecule has 0 bridgehead atoms. The van der Waals surface area contributed by atoms with Crippen molar-refractivity contribution < 1.29 is 9.66 Å². The Labute approximate surface area is 113 Å². The lowest BCUT2D eigenvalue weighted by atomic mass is 10.1. The molecule has 0 amide bonds. The number of hydrogen-bond donors (Lipinski definition) is 1. The van der Waals surface area contributed by atoms with Gasteiger partial charge in [0.1, 0.15) is 0 Å². The zero-order valence-electron chi connectivity index (χ0n) is 11.7. The first-order valence-corrected chi connectivity index (χ1v) is 6.48. The van der Waals surface area contributed by atoms with Crippen LogP contribution in [-0.4, -0.2) is 23.6 Å². The Hall–Kier alpha value is -1.85. The zero-order valence-corrected chi connectivity index (χ0v) is 11.7. The van der Waals surface area contributed by atoms with Crippen molar-refractivity contribution in [2.45, 2.75) is 33.1 Å². The van der Waals surface area contributed by atoms with Gasteiger partial charge in [0, 0.05) is 18.7 Å². The van der Waals surface area contributed by atoms with Crippen LogP contribution in [0.1, 0.15) is 33.1 Å². The molecule has 6 nitrogen and oxygen atoms in total. The molecule has 1 rings (SSSR count). The summed E-state index contributed by atoms with van der Waals surface area (Å²) in [7, 11) is 1.49. The minimum absolute atomic E-state index is 0.0235. The lowest BCUT2D eigenvalue weighted by molar-refractivity contribution is -0.384. The Balaban J connectivity index is 2.57. The molecule has 1 aromatic heterocycles. The van der Waals surface area contributed by atoms with E-state index in [1.165, 1.54) is 19.2 Å². The molecule has 19 heavy (non-hydrogen) atoms. The van der Waals surface area contributed by atoms with Crippen molar-refractivity contribution in [2.75, 3.05) is 19.0 Å². The van der Waals surface area contributed by atoms with Gasteiger partial charge in [-0.25, -0.2) is 0 Å². The van der Waals surface area contributed by atoms with Crippen LogP contribution in [0.3, 0.4) is 0 Å². The molecule has 106 valence electrons. The van der Waals surface area contributed by atoms with Gasteiger partial charge in [-0.1, -0.05) is 26.7 Å². The number of pyridine rings is 1. The van der Waals surface area contributed by atoms with Crippen LogP contribution in [-0.2, 0) is 0 Å². The van der Waals surface area contributed by atoms with E-state index in [9.17, 15) is 10.1 Å². The van der Waals surface area contributed by atoms with E-state index in [1.54, 1.807) is 0 Å². The molecule has 6 heteroatoms. The number of nitro groups is 1. The normalized spacial score (nSPS) is 10.5. The van der Waals surface area contributed by atoms with E-state index in [0.717, 1.165) is 19.3 Å². The molecule has 0 unspecified atom stereocenters. The summed E-state index contributed by atoms with van der Waals surface area (Å²) >= 11 is 0. The van der Waals surface area contributed by atoms with E-state index in [2.05, 4.69) is 24.1 Å². The molecular weight excluding hydrogens is 246 g/mol. The molecular formula is C13H21N3O3. The first kappa shape index (κ1) is 15.2. The maximum absolute atomic E-state index is 10.9. The van der Waals surface area contributed by atoms with E-state index in [1.807, 2.05) is 0 Å². The number of unbranched alkanes of at least 4 members (excludes halogenated alkanes) is 1. The number of hydrogen-bond acceptors (Lipinski definition) is 5. The molecule has 1 heterocycles. The molecule has 0 aliphatic carbocycles. The van der Waals surface area contributed by atoms with E-state index < -0.39 is 4.92 Å². The predicted octanol–water partition coefficient (Wildman–Crippen LogP) is 3.24. The van der Waals surface area contributed by atoms with Crippen molar-refractivity contribution in [1.29, 1.82) is 0 Å². The van der Waals surface area contributed by atoms with Crippen LogP contribution in [0.25, 0.3) is 0 Å². The van der Waals surface area contributed by atoms with Gasteiger partial charge in [-0.2, -0.15) is 4.98 Å². The van der Waals surface area contributed by atoms with Crippen molar-refractivity contribution in [1.82, 2.24) is 4.98 Å². The molecule has 0 aliphatic rings. The zero-order chi connectivity index (χ0) is 14.3. The van der Waals surface area contributed by atoms with Gasteiger partial charge in [-0.3, -0.25) is 10.1 Å². The van der Waals surface area contributed by atoms with E-state index in [4.69, 9.17) is 4.74 Å². The fourth-order valence-corrected chi connectivity index (χ4v) is 1.71. The third kappa shape index (κ3) is 5.11. The smallest absolute Gasteiger partial charge is 0.311 e. The SMILES string of the molecule is COc1ccc([N+](=O)[O-])c(NCCCCC(C)C)n1. The number of methoxy groups -OCH3 is 1. The summed E-state index contributed by atoms with van der Waals surface area (Å²) in [5, 5.41) is 13.9. The standard InChI is InChI=1S/C13H21N3O3/c1-10(2)6-4-5-9-14-13-11(16(17)18)7-8-12(15-13)19-3/h7-8,10H,4-6,9H2,1-3H3,(H,14,15). The number of nitrogens with zero attached hydrogens (tertiary/aromatic N) is 2. The molecule has 0 saturated carbocycles. The Morgan fingerprint density at radius 3 is 2.74 bits per heavy atom. The molecule has 0 fully saturated rings. The number of aromatic nitrogens is 1. The van der Waals surface area contributed by atoms with Crippen LogP contribution in [0.2, 0.25) is 0 Å². The first-order valence-electron chi connectivity index (χ1n) is 6.48. The number of rotatable bonds is 8. The minimum atomic E-state index is -0.442. The summed E-state index contributed by atoms with van der Waals surface area (Å²) in [5.74, 6) is 1.33.